The smallest absolute Gasteiger partial charge is 0.0431 e. The van der Waals surface area contributed by atoms with Gasteiger partial charge >= 0.3 is 0 Å². The zero-order chi connectivity index (χ0) is 9.78. The molecule has 2 nitrogen and oxygen atoms in total. The largest absolute Gasteiger partial charge is 0.396 e. The Hall–Kier alpha value is 0.360. The average Bonchev–Trinajstić information content (AvgIpc) is 2.70. The fourth-order valence-corrected chi connectivity index (χ4v) is 2.34. The van der Waals surface area contributed by atoms with Crippen LogP contribution in [0, 0.1) is 0 Å². The standard InChI is InChI=1S/C6H14O2.C3H4S2/c7-5-3-1-2-4-6-8;1-2-4-5-3-1/h7-8H,1-6H2;1-2H,3H2. The first-order valence-electron chi connectivity index (χ1n) is 4.57. The van der Waals surface area contributed by atoms with Gasteiger partial charge in [-0.1, -0.05) is 40.5 Å². The lowest BCUT2D eigenvalue weighted by Gasteiger charge is -1.93. The summed E-state index contributed by atoms with van der Waals surface area (Å²) in [6, 6.07) is 0. The van der Waals surface area contributed by atoms with Crippen LogP contribution in [0.5, 0.6) is 0 Å². The molecule has 0 unspecified atom stereocenters. The summed E-state index contributed by atoms with van der Waals surface area (Å²) in [7, 11) is 3.69. The highest BCUT2D eigenvalue weighted by atomic mass is 33.1. The van der Waals surface area contributed by atoms with Gasteiger partial charge in [-0.3, -0.25) is 0 Å². The lowest BCUT2D eigenvalue weighted by Crippen LogP contribution is -1.85. The maximum Gasteiger partial charge on any atom is 0.0431 e. The van der Waals surface area contributed by atoms with E-state index < -0.39 is 0 Å². The van der Waals surface area contributed by atoms with Crippen LogP contribution in [0.4, 0.5) is 0 Å². The van der Waals surface area contributed by atoms with E-state index in [1.165, 1.54) is 5.75 Å². The molecule has 0 aromatic heterocycles. The van der Waals surface area contributed by atoms with Crippen LogP contribution >= 0.6 is 21.6 Å². The molecule has 0 aliphatic carbocycles. The summed E-state index contributed by atoms with van der Waals surface area (Å²) in [6.45, 7) is 0.566. The number of aliphatic hydroxyl groups is 2. The van der Waals surface area contributed by atoms with Crippen LogP contribution in [-0.2, 0) is 0 Å². The number of hydrogen-bond donors (Lipinski definition) is 2. The normalized spacial score (nSPS) is 14.0. The molecule has 0 amide bonds. The van der Waals surface area contributed by atoms with Crippen LogP contribution in [0.3, 0.4) is 0 Å². The summed E-state index contributed by atoms with van der Waals surface area (Å²) < 4.78 is 0. The lowest BCUT2D eigenvalue weighted by atomic mass is 10.2. The number of rotatable bonds is 5. The second-order valence-electron chi connectivity index (χ2n) is 2.61. The van der Waals surface area contributed by atoms with Crippen molar-refractivity contribution in [2.24, 2.45) is 0 Å². The fourth-order valence-electron chi connectivity index (χ4n) is 0.774. The molecule has 1 aliphatic heterocycles. The maximum absolute atomic E-state index is 8.30. The predicted molar refractivity (Wildman–Crippen MR) is 61.8 cm³/mol. The molecule has 13 heavy (non-hydrogen) atoms. The monoisotopic (exact) mass is 222 g/mol. The van der Waals surface area contributed by atoms with Crippen molar-refractivity contribution in [2.75, 3.05) is 19.0 Å². The van der Waals surface area contributed by atoms with Crippen LogP contribution in [-0.4, -0.2) is 29.2 Å². The molecule has 0 atom stereocenters. The van der Waals surface area contributed by atoms with Crippen molar-refractivity contribution in [3.63, 3.8) is 0 Å². The molecule has 1 rings (SSSR count). The Morgan fingerprint density at radius 2 is 1.62 bits per heavy atom. The summed E-state index contributed by atoms with van der Waals surface area (Å²) in [4.78, 5) is 0. The molecule has 0 spiro atoms. The Kier molecular flexibility index (Phi) is 12.7. The minimum absolute atomic E-state index is 0.283. The molecule has 78 valence electrons. The molecule has 0 saturated heterocycles. The van der Waals surface area contributed by atoms with E-state index in [2.05, 4.69) is 11.5 Å². The van der Waals surface area contributed by atoms with Crippen molar-refractivity contribution in [1.82, 2.24) is 0 Å². The van der Waals surface area contributed by atoms with Gasteiger partial charge in [0.05, 0.1) is 0 Å². The van der Waals surface area contributed by atoms with Crippen LogP contribution < -0.4 is 0 Å². The minimum atomic E-state index is 0.283. The van der Waals surface area contributed by atoms with Gasteiger partial charge in [-0.2, -0.15) is 0 Å². The average molecular weight is 222 g/mol. The van der Waals surface area contributed by atoms with E-state index in [0.717, 1.165) is 25.7 Å². The third-order valence-electron chi connectivity index (χ3n) is 1.45. The molecule has 0 aromatic rings. The first-order chi connectivity index (χ1) is 6.41. The molecule has 0 radical (unpaired) electrons. The Bertz CT molecular complexity index is 106. The van der Waals surface area contributed by atoms with Gasteiger partial charge in [-0.15, -0.1) is 0 Å². The van der Waals surface area contributed by atoms with E-state index in [-0.39, 0.29) is 13.2 Å². The third kappa shape index (κ3) is 12.4. The van der Waals surface area contributed by atoms with Crippen molar-refractivity contribution in [3.8, 4) is 0 Å². The lowest BCUT2D eigenvalue weighted by molar-refractivity contribution is 0.265. The van der Waals surface area contributed by atoms with Gasteiger partial charge in [-0.05, 0) is 18.2 Å². The Morgan fingerprint density at radius 3 is 1.85 bits per heavy atom. The first-order valence-corrected chi connectivity index (χ1v) is 6.95. The molecule has 1 heterocycles. The first kappa shape index (κ1) is 13.4. The molecule has 0 aromatic carbocycles. The number of unbranched alkanes of at least 4 members (excludes halogenated alkanes) is 3. The summed E-state index contributed by atoms with van der Waals surface area (Å²) in [5.74, 6) is 1.20. The Labute approximate surface area is 88.2 Å². The molecule has 0 fully saturated rings. The molecule has 2 N–H and O–H groups in total. The second-order valence-corrected chi connectivity index (χ2v) is 4.93. The van der Waals surface area contributed by atoms with Gasteiger partial charge in [0.1, 0.15) is 0 Å². The fraction of sp³-hybridized carbons (Fsp3) is 0.778. The van der Waals surface area contributed by atoms with Crippen LogP contribution in [0.25, 0.3) is 0 Å². The highest BCUT2D eigenvalue weighted by molar-refractivity contribution is 8.78. The summed E-state index contributed by atoms with van der Waals surface area (Å²) in [5, 5.41) is 18.7. The van der Waals surface area contributed by atoms with Gasteiger partial charge in [0, 0.05) is 19.0 Å². The van der Waals surface area contributed by atoms with Crippen molar-refractivity contribution in [1.29, 1.82) is 0 Å². The van der Waals surface area contributed by atoms with E-state index in [0.29, 0.717) is 0 Å². The quantitative estimate of drug-likeness (QED) is 0.554. The van der Waals surface area contributed by atoms with Crippen LogP contribution in [0.2, 0.25) is 0 Å². The van der Waals surface area contributed by atoms with Crippen LogP contribution in [0.15, 0.2) is 11.5 Å². The van der Waals surface area contributed by atoms with Gasteiger partial charge in [0.15, 0.2) is 0 Å². The van der Waals surface area contributed by atoms with Crippen molar-refractivity contribution in [2.45, 2.75) is 25.7 Å². The minimum Gasteiger partial charge on any atom is -0.396 e. The number of aliphatic hydroxyl groups excluding tert-OH is 2. The SMILES string of the molecule is C1=CSSC1.OCCCCCCO. The van der Waals surface area contributed by atoms with Gasteiger partial charge in [0.25, 0.3) is 0 Å². The van der Waals surface area contributed by atoms with E-state index in [9.17, 15) is 0 Å². The molecule has 4 heteroatoms. The Morgan fingerprint density at radius 1 is 1.00 bits per heavy atom. The predicted octanol–water partition coefficient (Wildman–Crippen LogP) is 2.43. The topological polar surface area (TPSA) is 40.5 Å². The van der Waals surface area contributed by atoms with Crippen molar-refractivity contribution < 1.29 is 10.2 Å². The molecule has 0 saturated carbocycles. The second kappa shape index (κ2) is 12.4. The molecule has 0 bridgehead atoms. The summed E-state index contributed by atoms with van der Waals surface area (Å²) >= 11 is 0. The number of hydrogen-bond acceptors (Lipinski definition) is 4. The van der Waals surface area contributed by atoms with Crippen molar-refractivity contribution >= 4 is 21.6 Å². The maximum atomic E-state index is 8.30. The molecular weight excluding hydrogens is 204 g/mol. The van der Waals surface area contributed by atoms with Gasteiger partial charge in [0.2, 0.25) is 0 Å². The molecular formula is C9H18O2S2. The summed E-state index contributed by atoms with van der Waals surface area (Å²) in [5.41, 5.74) is 0. The van der Waals surface area contributed by atoms with E-state index in [4.69, 9.17) is 10.2 Å². The highest BCUT2D eigenvalue weighted by Crippen LogP contribution is 2.27. The summed E-state index contributed by atoms with van der Waals surface area (Å²) in [6.07, 6.45) is 5.99. The zero-order valence-corrected chi connectivity index (χ0v) is 9.45. The van der Waals surface area contributed by atoms with E-state index in [1.807, 2.05) is 21.6 Å². The molecule has 1 aliphatic rings. The highest BCUT2D eigenvalue weighted by Gasteiger charge is 1.86. The Balaban J connectivity index is 0.000000243. The van der Waals surface area contributed by atoms with E-state index in [1.54, 1.807) is 0 Å². The van der Waals surface area contributed by atoms with Gasteiger partial charge in [-0.25, -0.2) is 0 Å². The zero-order valence-electron chi connectivity index (χ0n) is 7.82. The van der Waals surface area contributed by atoms with Crippen LogP contribution in [0.1, 0.15) is 25.7 Å². The third-order valence-corrected chi connectivity index (χ3v) is 3.37. The van der Waals surface area contributed by atoms with Gasteiger partial charge < -0.3 is 10.2 Å². The van der Waals surface area contributed by atoms with Crippen molar-refractivity contribution in [3.05, 3.63) is 11.5 Å². The van der Waals surface area contributed by atoms with E-state index >= 15 is 0 Å².